The smallest absolute Gasteiger partial charge is 0.240 e. The first-order chi connectivity index (χ1) is 15.5. The van der Waals surface area contributed by atoms with Gasteiger partial charge in [-0.2, -0.15) is 5.10 Å². The number of fused-ring (bicyclic) bond motifs is 1. The molecule has 0 unspecified atom stereocenters. The summed E-state index contributed by atoms with van der Waals surface area (Å²) in [5.41, 5.74) is 1.48. The van der Waals surface area contributed by atoms with E-state index in [0.29, 0.717) is 36.8 Å². The third-order valence-electron chi connectivity index (χ3n) is 4.80. The molecule has 9 nitrogen and oxygen atoms in total. The highest BCUT2D eigenvalue weighted by Crippen LogP contribution is 2.31. The summed E-state index contributed by atoms with van der Waals surface area (Å²) in [5, 5.41) is 6.99. The minimum Gasteiger partial charge on any atom is -0.490 e. The van der Waals surface area contributed by atoms with Crippen molar-refractivity contribution < 1.29 is 22.7 Å². The fraction of sp³-hybridized carbons (Fsp3) is 0.273. The van der Waals surface area contributed by atoms with Gasteiger partial charge in [0.25, 0.3) is 0 Å². The van der Waals surface area contributed by atoms with Gasteiger partial charge in [-0.3, -0.25) is 4.79 Å². The van der Waals surface area contributed by atoms with E-state index in [4.69, 9.17) is 9.47 Å². The maximum Gasteiger partial charge on any atom is 0.240 e. The second-order valence-corrected chi connectivity index (χ2v) is 8.98. The molecule has 0 radical (unpaired) electrons. The molecule has 10 heteroatoms. The van der Waals surface area contributed by atoms with Crippen LogP contribution in [0.4, 0.5) is 5.69 Å². The summed E-state index contributed by atoms with van der Waals surface area (Å²) in [6, 6.07) is 13.7. The van der Waals surface area contributed by atoms with Crippen LogP contribution in [0.3, 0.4) is 0 Å². The van der Waals surface area contributed by atoms with Crippen LogP contribution in [0.15, 0.2) is 65.8 Å². The predicted molar refractivity (Wildman–Crippen MR) is 119 cm³/mol. The van der Waals surface area contributed by atoms with Gasteiger partial charge >= 0.3 is 0 Å². The van der Waals surface area contributed by atoms with Gasteiger partial charge in [-0.1, -0.05) is 6.07 Å². The number of rotatable bonds is 8. The van der Waals surface area contributed by atoms with E-state index in [1.165, 1.54) is 12.1 Å². The van der Waals surface area contributed by atoms with Crippen molar-refractivity contribution in [1.82, 2.24) is 14.5 Å². The lowest BCUT2D eigenvalue weighted by Gasteiger charge is -2.11. The molecule has 168 valence electrons. The summed E-state index contributed by atoms with van der Waals surface area (Å²) in [6.07, 6.45) is 4.77. The summed E-state index contributed by atoms with van der Waals surface area (Å²) in [7, 11) is -3.72. The number of hydrogen-bond acceptors (Lipinski definition) is 6. The van der Waals surface area contributed by atoms with E-state index < -0.39 is 10.0 Å². The van der Waals surface area contributed by atoms with Gasteiger partial charge in [-0.15, -0.1) is 0 Å². The molecule has 0 aliphatic carbocycles. The number of aromatic nitrogens is 2. The van der Waals surface area contributed by atoms with Crippen LogP contribution in [0.5, 0.6) is 11.5 Å². The van der Waals surface area contributed by atoms with Crippen LogP contribution in [0, 0.1) is 0 Å². The normalized spacial score (nSPS) is 13.4. The van der Waals surface area contributed by atoms with Crippen LogP contribution >= 0.6 is 0 Å². The summed E-state index contributed by atoms with van der Waals surface area (Å²) >= 11 is 0. The molecular formula is C22H24N4O5S. The Bertz CT molecular complexity index is 1180. The van der Waals surface area contributed by atoms with Gasteiger partial charge in [0.2, 0.25) is 15.9 Å². The number of benzene rings is 2. The van der Waals surface area contributed by atoms with Crippen LogP contribution in [0.1, 0.15) is 19.3 Å². The lowest BCUT2D eigenvalue weighted by molar-refractivity contribution is -0.116. The maximum atomic E-state index is 12.6. The van der Waals surface area contributed by atoms with Crippen molar-refractivity contribution in [2.45, 2.75) is 24.2 Å². The second kappa shape index (κ2) is 9.84. The number of hydrogen-bond donors (Lipinski definition) is 2. The first-order valence-corrected chi connectivity index (χ1v) is 11.8. The monoisotopic (exact) mass is 456 g/mol. The molecule has 1 aliphatic rings. The molecule has 2 aromatic carbocycles. The molecule has 0 saturated carbocycles. The minimum absolute atomic E-state index is 0.0987. The zero-order valence-corrected chi connectivity index (χ0v) is 18.2. The Morgan fingerprint density at radius 1 is 1.06 bits per heavy atom. The van der Waals surface area contributed by atoms with E-state index in [-0.39, 0.29) is 23.8 Å². The van der Waals surface area contributed by atoms with E-state index in [1.807, 2.05) is 30.5 Å². The third-order valence-corrected chi connectivity index (χ3v) is 6.26. The lowest BCUT2D eigenvalue weighted by atomic mass is 10.2. The number of sulfonamides is 1. The number of ether oxygens (including phenoxy) is 2. The van der Waals surface area contributed by atoms with Gasteiger partial charge in [0.1, 0.15) is 0 Å². The van der Waals surface area contributed by atoms with Gasteiger partial charge in [0.05, 0.1) is 23.8 Å². The molecule has 0 atom stereocenters. The molecule has 3 aromatic rings. The minimum atomic E-state index is -3.72. The number of nitrogens with one attached hydrogen (secondary N) is 2. The number of anilines is 1. The number of amides is 1. The molecule has 0 fully saturated rings. The van der Waals surface area contributed by atoms with Gasteiger partial charge in [0.15, 0.2) is 11.5 Å². The van der Waals surface area contributed by atoms with E-state index in [1.54, 1.807) is 23.0 Å². The van der Waals surface area contributed by atoms with Crippen molar-refractivity contribution in [3.63, 3.8) is 0 Å². The molecule has 0 bridgehead atoms. The van der Waals surface area contributed by atoms with Crippen molar-refractivity contribution in [2.24, 2.45) is 0 Å². The van der Waals surface area contributed by atoms with Crippen LogP contribution in [0.2, 0.25) is 0 Å². The van der Waals surface area contributed by atoms with Crippen molar-refractivity contribution in [3.05, 3.63) is 60.9 Å². The van der Waals surface area contributed by atoms with Gasteiger partial charge < -0.3 is 14.8 Å². The van der Waals surface area contributed by atoms with Crippen LogP contribution in [0.25, 0.3) is 5.69 Å². The topological polar surface area (TPSA) is 112 Å². The third kappa shape index (κ3) is 5.45. The molecule has 2 N–H and O–H groups in total. The lowest BCUT2D eigenvalue weighted by Crippen LogP contribution is -2.25. The van der Waals surface area contributed by atoms with Crippen LogP contribution in [-0.2, 0) is 14.8 Å². The summed E-state index contributed by atoms with van der Waals surface area (Å²) in [4.78, 5) is 12.4. The Balaban J connectivity index is 1.27. The first kappa shape index (κ1) is 21.8. The Kier molecular flexibility index (Phi) is 6.72. The molecule has 2 heterocycles. The largest absolute Gasteiger partial charge is 0.490 e. The molecule has 0 spiro atoms. The molecular weight excluding hydrogens is 432 g/mol. The average Bonchev–Trinajstić information content (AvgIpc) is 3.22. The first-order valence-electron chi connectivity index (χ1n) is 10.3. The highest BCUT2D eigenvalue weighted by atomic mass is 32.2. The molecule has 1 aliphatic heterocycles. The second-order valence-electron chi connectivity index (χ2n) is 7.21. The standard InChI is InChI=1S/C22H24N4O5S/c27-22(25-17-5-1-6-18(15-17)26-12-3-10-23-26)7-2-11-24-32(28,29)19-8-9-20-21(16-19)31-14-4-13-30-20/h1,3,5-6,8-10,12,15-16,24H,2,4,7,11,13-14H2,(H,25,27). The van der Waals surface area contributed by atoms with Crippen molar-refractivity contribution in [3.8, 4) is 17.2 Å². The Morgan fingerprint density at radius 2 is 1.91 bits per heavy atom. The van der Waals surface area contributed by atoms with Gasteiger partial charge in [-0.05, 0) is 42.8 Å². The maximum absolute atomic E-state index is 12.6. The molecule has 4 rings (SSSR count). The highest BCUT2D eigenvalue weighted by Gasteiger charge is 2.18. The van der Waals surface area contributed by atoms with Gasteiger partial charge in [0, 0.05) is 43.5 Å². The van der Waals surface area contributed by atoms with Crippen molar-refractivity contribution in [1.29, 1.82) is 0 Å². The average molecular weight is 457 g/mol. The van der Waals surface area contributed by atoms with E-state index in [2.05, 4.69) is 15.1 Å². The molecule has 0 saturated heterocycles. The predicted octanol–water partition coefficient (Wildman–Crippen LogP) is 2.73. The van der Waals surface area contributed by atoms with Crippen LogP contribution in [-0.4, -0.2) is 43.9 Å². The van der Waals surface area contributed by atoms with Crippen molar-refractivity contribution >= 4 is 21.6 Å². The highest BCUT2D eigenvalue weighted by molar-refractivity contribution is 7.89. The summed E-state index contributed by atoms with van der Waals surface area (Å²) in [6.45, 7) is 1.15. The fourth-order valence-electron chi connectivity index (χ4n) is 3.22. The van der Waals surface area contributed by atoms with Crippen LogP contribution < -0.4 is 19.5 Å². The zero-order chi connectivity index (χ0) is 22.4. The molecule has 1 aromatic heterocycles. The Morgan fingerprint density at radius 3 is 2.72 bits per heavy atom. The Labute approximate surface area is 186 Å². The SMILES string of the molecule is O=C(CCCNS(=O)(=O)c1ccc2c(c1)OCCCO2)Nc1cccc(-n2cccn2)c1. The molecule has 32 heavy (non-hydrogen) atoms. The fourth-order valence-corrected chi connectivity index (χ4v) is 4.31. The summed E-state index contributed by atoms with van der Waals surface area (Å²) in [5.74, 6) is 0.759. The number of carbonyl (C=O) groups excluding carboxylic acids is 1. The quantitative estimate of drug-likeness (QED) is 0.504. The Hall–Kier alpha value is -3.37. The van der Waals surface area contributed by atoms with E-state index >= 15 is 0 Å². The van der Waals surface area contributed by atoms with E-state index in [9.17, 15) is 13.2 Å². The van der Waals surface area contributed by atoms with Crippen molar-refractivity contribution in [2.75, 3.05) is 25.1 Å². The number of nitrogens with zero attached hydrogens (tertiary/aromatic N) is 2. The van der Waals surface area contributed by atoms with E-state index in [0.717, 1.165) is 12.1 Å². The zero-order valence-electron chi connectivity index (χ0n) is 17.4. The number of carbonyl (C=O) groups is 1. The molecule has 1 amide bonds. The van der Waals surface area contributed by atoms with Gasteiger partial charge in [-0.25, -0.2) is 17.8 Å². The summed E-state index contributed by atoms with van der Waals surface area (Å²) < 4.78 is 40.5.